The van der Waals surface area contributed by atoms with Crippen molar-refractivity contribution in [3.63, 3.8) is 0 Å². The predicted octanol–water partition coefficient (Wildman–Crippen LogP) is 2.80. The van der Waals surface area contributed by atoms with Gasteiger partial charge in [0.05, 0.1) is 0 Å². The van der Waals surface area contributed by atoms with E-state index in [0.29, 0.717) is 37.3 Å². The topological polar surface area (TPSA) is 73.6 Å². The molecule has 1 fully saturated rings. The third-order valence-corrected chi connectivity index (χ3v) is 3.76. The molecule has 1 aliphatic rings. The minimum Gasteiger partial charge on any atom is -0.484 e. The summed E-state index contributed by atoms with van der Waals surface area (Å²) in [6, 6.07) is 4.53. The van der Waals surface area contributed by atoms with Gasteiger partial charge in [-0.1, -0.05) is 6.07 Å². The number of nitrogens with one attached hydrogen (secondary N) is 1. The lowest BCUT2D eigenvalue weighted by atomic mass is 9.90. The molecule has 0 spiro atoms. The van der Waals surface area contributed by atoms with Gasteiger partial charge in [-0.15, -0.1) is 12.4 Å². The van der Waals surface area contributed by atoms with E-state index < -0.39 is 18.3 Å². The zero-order valence-electron chi connectivity index (χ0n) is 13.1. The average molecular weight is 369 g/mol. The van der Waals surface area contributed by atoms with Crippen LogP contribution >= 0.6 is 12.4 Å². The van der Waals surface area contributed by atoms with E-state index in [2.05, 4.69) is 5.32 Å². The summed E-state index contributed by atoms with van der Waals surface area (Å²) in [5.74, 6) is -0.310. The highest BCUT2D eigenvalue weighted by molar-refractivity contribution is 5.98. The van der Waals surface area contributed by atoms with E-state index in [4.69, 9.17) is 15.2 Å². The van der Waals surface area contributed by atoms with Crippen molar-refractivity contribution in [1.82, 2.24) is 0 Å². The Morgan fingerprint density at radius 3 is 2.58 bits per heavy atom. The number of hydrogen-bond acceptors (Lipinski definition) is 4. The third-order valence-electron chi connectivity index (χ3n) is 3.76. The van der Waals surface area contributed by atoms with Crippen molar-refractivity contribution >= 4 is 24.0 Å². The largest absolute Gasteiger partial charge is 0.484 e. The van der Waals surface area contributed by atoms with E-state index in [9.17, 15) is 18.0 Å². The lowest BCUT2D eigenvalue weighted by Crippen LogP contribution is -2.54. The Kier molecular flexibility index (Phi) is 6.88. The second-order valence-electron chi connectivity index (χ2n) is 5.56. The minimum absolute atomic E-state index is 0. The molecule has 1 aliphatic heterocycles. The molecule has 2 rings (SSSR count). The fraction of sp³-hybridized carbons (Fsp3) is 0.533. The Labute approximate surface area is 144 Å². The molecule has 0 radical (unpaired) electrons. The molecule has 1 saturated heterocycles. The Morgan fingerprint density at radius 1 is 1.38 bits per heavy atom. The molecule has 136 valence electrons. The molecule has 1 heterocycles. The van der Waals surface area contributed by atoms with Gasteiger partial charge in [0, 0.05) is 24.5 Å². The molecule has 0 aliphatic carbocycles. The molecule has 0 aromatic heterocycles. The number of nitrogens with two attached hydrogens (primary N) is 1. The van der Waals surface area contributed by atoms with Gasteiger partial charge in [-0.3, -0.25) is 4.79 Å². The van der Waals surface area contributed by atoms with E-state index in [1.54, 1.807) is 13.0 Å². The number of benzene rings is 1. The van der Waals surface area contributed by atoms with Crippen LogP contribution in [0.15, 0.2) is 18.2 Å². The van der Waals surface area contributed by atoms with Gasteiger partial charge in [0.1, 0.15) is 11.3 Å². The molecule has 1 aromatic carbocycles. The van der Waals surface area contributed by atoms with Crippen molar-refractivity contribution in [2.24, 2.45) is 5.73 Å². The molecule has 0 saturated carbocycles. The van der Waals surface area contributed by atoms with Crippen molar-refractivity contribution in [3.05, 3.63) is 23.8 Å². The summed E-state index contributed by atoms with van der Waals surface area (Å²) in [7, 11) is 0. The fourth-order valence-corrected chi connectivity index (χ4v) is 2.28. The zero-order valence-corrected chi connectivity index (χ0v) is 13.9. The van der Waals surface area contributed by atoms with Gasteiger partial charge in [-0.25, -0.2) is 0 Å². The summed E-state index contributed by atoms with van der Waals surface area (Å²) in [5.41, 5.74) is 5.85. The van der Waals surface area contributed by atoms with E-state index in [0.717, 1.165) is 0 Å². The van der Waals surface area contributed by atoms with Crippen LogP contribution in [0, 0.1) is 6.92 Å². The molecular weight excluding hydrogens is 349 g/mol. The van der Waals surface area contributed by atoms with Crippen molar-refractivity contribution in [2.45, 2.75) is 31.5 Å². The van der Waals surface area contributed by atoms with Crippen LogP contribution in [0.5, 0.6) is 5.75 Å². The number of rotatable bonds is 4. The van der Waals surface area contributed by atoms with E-state index in [-0.39, 0.29) is 24.1 Å². The second-order valence-corrected chi connectivity index (χ2v) is 5.56. The van der Waals surface area contributed by atoms with Gasteiger partial charge < -0.3 is 20.5 Å². The van der Waals surface area contributed by atoms with Crippen molar-refractivity contribution in [3.8, 4) is 5.75 Å². The molecule has 1 aromatic rings. The Morgan fingerprint density at radius 2 is 2.00 bits per heavy atom. The van der Waals surface area contributed by atoms with Gasteiger partial charge in [-0.05, 0) is 31.9 Å². The molecule has 24 heavy (non-hydrogen) atoms. The van der Waals surface area contributed by atoms with Crippen molar-refractivity contribution in [1.29, 1.82) is 0 Å². The smallest absolute Gasteiger partial charge is 0.422 e. The number of halogens is 4. The molecule has 0 unspecified atom stereocenters. The number of carbonyl (C=O) groups is 1. The number of anilines is 1. The average Bonchev–Trinajstić information content (AvgIpc) is 2.48. The summed E-state index contributed by atoms with van der Waals surface area (Å²) < 4.78 is 46.7. The molecule has 9 heteroatoms. The maximum atomic E-state index is 12.4. The Hall–Kier alpha value is -1.51. The number of carbonyl (C=O) groups excluding carboxylic acids is 1. The monoisotopic (exact) mass is 368 g/mol. The Balaban J connectivity index is 0.00000288. The van der Waals surface area contributed by atoms with Crippen molar-refractivity contribution < 1.29 is 27.4 Å². The summed E-state index contributed by atoms with van der Waals surface area (Å²) in [6.45, 7) is 0.993. The molecule has 3 N–H and O–H groups in total. The first-order chi connectivity index (χ1) is 10.7. The first-order valence-corrected chi connectivity index (χ1v) is 7.18. The standard InChI is InChI=1S/C15H19F3N2O3.ClH/c1-10-11(3-2-4-12(10)23-9-15(16,17)18)20-13(21)14(19)5-7-22-8-6-14;/h2-4H,5-9,19H2,1H3,(H,20,21);1H. The van der Waals surface area contributed by atoms with Gasteiger partial charge in [0.15, 0.2) is 6.61 Å². The zero-order chi connectivity index (χ0) is 17.1. The van der Waals surface area contributed by atoms with Crippen LogP contribution < -0.4 is 15.8 Å². The number of alkyl halides is 3. The van der Waals surface area contributed by atoms with Gasteiger partial charge >= 0.3 is 6.18 Å². The maximum Gasteiger partial charge on any atom is 0.422 e. The van der Waals surface area contributed by atoms with Crippen LogP contribution in [0.25, 0.3) is 0 Å². The van der Waals surface area contributed by atoms with Crippen LogP contribution in [-0.4, -0.2) is 37.4 Å². The number of amides is 1. The SMILES string of the molecule is Cc1c(NC(=O)C2(N)CCOCC2)cccc1OCC(F)(F)F.Cl. The molecular formula is C15H20ClF3N2O3. The van der Waals surface area contributed by atoms with Crippen LogP contribution in [0.3, 0.4) is 0 Å². The lowest BCUT2D eigenvalue weighted by molar-refractivity contribution is -0.153. The third kappa shape index (κ3) is 5.25. The van der Waals surface area contributed by atoms with Gasteiger partial charge in [0.2, 0.25) is 5.91 Å². The molecule has 0 atom stereocenters. The summed E-state index contributed by atoms with van der Waals surface area (Å²) >= 11 is 0. The van der Waals surface area contributed by atoms with E-state index >= 15 is 0 Å². The van der Waals surface area contributed by atoms with Crippen LogP contribution in [0.4, 0.5) is 18.9 Å². The number of ether oxygens (including phenoxy) is 2. The lowest BCUT2D eigenvalue weighted by Gasteiger charge is -2.32. The highest BCUT2D eigenvalue weighted by Gasteiger charge is 2.36. The van der Waals surface area contributed by atoms with Crippen LogP contribution in [0.2, 0.25) is 0 Å². The fourth-order valence-electron chi connectivity index (χ4n) is 2.28. The van der Waals surface area contributed by atoms with Crippen LogP contribution in [-0.2, 0) is 9.53 Å². The quantitative estimate of drug-likeness (QED) is 0.857. The minimum atomic E-state index is -4.42. The number of hydrogen-bond donors (Lipinski definition) is 2. The first-order valence-electron chi connectivity index (χ1n) is 7.18. The summed E-state index contributed by atoms with van der Waals surface area (Å²) in [6.07, 6.45) is -3.64. The molecule has 1 amide bonds. The summed E-state index contributed by atoms with van der Waals surface area (Å²) in [5, 5.41) is 2.68. The van der Waals surface area contributed by atoms with Gasteiger partial charge in [0.25, 0.3) is 0 Å². The highest BCUT2D eigenvalue weighted by Crippen LogP contribution is 2.28. The Bertz CT molecular complexity index is 576. The second kappa shape index (κ2) is 8.04. The van der Waals surface area contributed by atoms with Crippen molar-refractivity contribution in [2.75, 3.05) is 25.1 Å². The van der Waals surface area contributed by atoms with Crippen LogP contribution in [0.1, 0.15) is 18.4 Å². The van der Waals surface area contributed by atoms with Gasteiger partial charge in [-0.2, -0.15) is 13.2 Å². The maximum absolute atomic E-state index is 12.4. The normalized spacial score (nSPS) is 16.9. The molecule has 0 bridgehead atoms. The summed E-state index contributed by atoms with van der Waals surface area (Å²) in [4.78, 5) is 12.4. The molecule has 5 nitrogen and oxygen atoms in total. The first kappa shape index (κ1) is 20.5. The van der Waals surface area contributed by atoms with E-state index in [1.165, 1.54) is 12.1 Å². The highest BCUT2D eigenvalue weighted by atomic mass is 35.5. The van der Waals surface area contributed by atoms with E-state index in [1.807, 2.05) is 0 Å². The predicted molar refractivity (Wildman–Crippen MR) is 85.6 cm³/mol.